The number of fused-ring (bicyclic) bond motifs is 2. The SMILES string of the molecule is COC(=O)N[C@H](C(=O)N1CCC[C@H]1C1=NC=C(c2ccc(-c3ccc(C4=CN=C(C5C6CCC(C6)[C@@H]5C(=O)NCc5ccc(N)cc5)C4)cc3)cc2)C1)C(C)C. The van der Waals surface area contributed by atoms with E-state index in [0.29, 0.717) is 31.3 Å². The van der Waals surface area contributed by atoms with Gasteiger partial charge >= 0.3 is 6.09 Å². The molecule has 0 aromatic heterocycles. The maximum Gasteiger partial charge on any atom is 0.407 e. The predicted octanol–water partition coefficient (Wildman–Crippen LogP) is 7.66. The van der Waals surface area contributed by atoms with Gasteiger partial charge in [0.05, 0.1) is 13.2 Å². The predicted molar refractivity (Wildman–Crippen MR) is 221 cm³/mol. The maximum atomic E-state index is 13.6. The van der Waals surface area contributed by atoms with Crippen molar-refractivity contribution in [1.82, 2.24) is 15.5 Å². The minimum absolute atomic E-state index is 0.0153. The van der Waals surface area contributed by atoms with E-state index in [9.17, 15) is 14.4 Å². The molecule has 5 aliphatic rings. The number of methoxy groups -OCH3 is 1. The first kappa shape index (κ1) is 37.4. The minimum atomic E-state index is -0.647. The first-order chi connectivity index (χ1) is 27.2. The van der Waals surface area contributed by atoms with Crippen LogP contribution < -0.4 is 16.4 Å². The molecule has 6 atom stereocenters. The summed E-state index contributed by atoms with van der Waals surface area (Å²) in [6.07, 6.45) is 10.0. The van der Waals surface area contributed by atoms with Crippen molar-refractivity contribution in [2.24, 2.45) is 39.6 Å². The van der Waals surface area contributed by atoms with Crippen LogP contribution >= 0.6 is 0 Å². The first-order valence-corrected chi connectivity index (χ1v) is 20.2. The van der Waals surface area contributed by atoms with Gasteiger partial charge in [-0.25, -0.2) is 4.79 Å². The Balaban J connectivity index is 0.860. The molecule has 3 amide bonds. The average molecular weight is 753 g/mol. The smallest absolute Gasteiger partial charge is 0.407 e. The molecule has 1 saturated heterocycles. The fraction of sp³-hybridized carbons (Fsp3) is 0.413. The number of nitrogens with two attached hydrogens (primary N) is 1. The molecule has 0 spiro atoms. The number of nitrogens with zero attached hydrogens (tertiary/aromatic N) is 3. The van der Waals surface area contributed by atoms with E-state index >= 15 is 0 Å². The van der Waals surface area contributed by atoms with Gasteiger partial charge in [-0.05, 0) is 101 Å². The molecule has 56 heavy (non-hydrogen) atoms. The lowest BCUT2D eigenvalue weighted by atomic mass is 9.75. The Morgan fingerprint density at radius 2 is 1.39 bits per heavy atom. The highest BCUT2D eigenvalue weighted by Gasteiger charge is 2.52. The van der Waals surface area contributed by atoms with Crippen LogP contribution in [-0.2, 0) is 20.9 Å². The van der Waals surface area contributed by atoms with Crippen LogP contribution in [0.3, 0.4) is 0 Å². The first-order valence-electron chi connectivity index (χ1n) is 20.2. The van der Waals surface area contributed by atoms with Crippen LogP contribution in [-0.4, -0.2) is 60.0 Å². The summed E-state index contributed by atoms with van der Waals surface area (Å²) in [5, 5.41) is 5.95. The number of ether oxygens (including phenoxy) is 1. The number of carbonyl (C=O) groups excluding carboxylic acids is 3. The van der Waals surface area contributed by atoms with Crippen LogP contribution in [0.1, 0.15) is 75.5 Å². The highest BCUT2D eigenvalue weighted by atomic mass is 16.5. The maximum absolute atomic E-state index is 13.6. The zero-order valence-electron chi connectivity index (χ0n) is 32.5. The van der Waals surface area contributed by atoms with E-state index in [4.69, 9.17) is 20.5 Å². The lowest BCUT2D eigenvalue weighted by Gasteiger charge is -2.31. The monoisotopic (exact) mass is 752 g/mol. The minimum Gasteiger partial charge on any atom is -0.453 e. The van der Waals surface area contributed by atoms with Crippen molar-refractivity contribution in [3.05, 3.63) is 102 Å². The Morgan fingerprint density at radius 1 is 0.804 bits per heavy atom. The topological polar surface area (TPSA) is 138 Å². The van der Waals surface area contributed by atoms with Crippen LogP contribution in [0.5, 0.6) is 0 Å². The Labute approximate surface area is 329 Å². The average Bonchev–Trinajstić information content (AvgIpc) is 4.08. The van der Waals surface area contributed by atoms with E-state index in [2.05, 4.69) is 59.2 Å². The fourth-order valence-corrected chi connectivity index (χ4v) is 9.75. The summed E-state index contributed by atoms with van der Waals surface area (Å²) < 4.78 is 4.78. The molecule has 3 heterocycles. The van der Waals surface area contributed by atoms with Crippen LogP contribution in [0.4, 0.5) is 10.5 Å². The summed E-state index contributed by atoms with van der Waals surface area (Å²) in [4.78, 5) is 50.8. The molecule has 3 fully saturated rings. The summed E-state index contributed by atoms with van der Waals surface area (Å²) in [5.74, 6) is 1.15. The zero-order chi connectivity index (χ0) is 38.9. The highest BCUT2D eigenvalue weighted by Crippen LogP contribution is 2.54. The Morgan fingerprint density at radius 3 is 2.02 bits per heavy atom. The van der Waals surface area contributed by atoms with Crippen molar-refractivity contribution in [3.8, 4) is 11.1 Å². The molecule has 3 aromatic rings. The van der Waals surface area contributed by atoms with E-state index in [1.165, 1.54) is 19.1 Å². The van der Waals surface area contributed by atoms with E-state index in [-0.39, 0.29) is 35.6 Å². The summed E-state index contributed by atoms with van der Waals surface area (Å²) in [5.41, 5.74) is 16.7. The number of nitrogens with one attached hydrogen (secondary N) is 2. The van der Waals surface area contributed by atoms with Gasteiger partial charge in [0.15, 0.2) is 0 Å². The molecule has 2 saturated carbocycles. The number of likely N-dealkylation sites (tertiary alicyclic amines) is 1. The number of aliphatic imine (C=N–C) groups is 2. The van der Waals surface area contributed by atoms with Crippen molar-refractivity contribution in [2.75, 3.05) is 19.4 Å². The normalized spacial score (nSPS) is 24.4. The van der Waals surface area contributed by atoms with Crippen molar-refractivity contribution in [1.29, 1.82) is 0 Å². The second kappa shape index (κ2) is 15.9. The third kappa shape index (κ3) is 7.53. The lowest BCUT2D eigenvalue weighted by Crippen LogP contribution is -2.53. The second-order valence-corrected chi connectivity index (χ2v) is 16.4. The highest BCUT2D eigenvalue weighted by molar-refractivity contribution is 6.04. The Hall–Kier alpha value is -5.51. The lowest BCUT2D eigenvalue weighted by molar-refractivity contribution is -0.134. The van der Waals surface area contributed by atoms with Crippen molar-refractivity contribution in [3.63, 3.8) is 0 Å². The Kier molecular flexibility index (Phi) is 10.6. The van der Waals surface area contributed by atoms with E-state index in [0.717, 1.165) is 82.6 Å². The van der Waals surface area contributed by atoms with Gasteiger partial charge in [-0.1, -0.05) is 74.5 Å². The Bertz CT molecular complexity index is 2100. The number of nitrogen functional groups attached to an aromatic ring is 1. The van der Waals surface area contributed by atoms with E-state index in [1.54, 1.807) is 0 Å². The number of benzene rings is 3. The summed E-state index contributed by atoms with van der Waals surface area (Å²) >= 11 is 0. The molecule has 4 N–H and O–H groups in total. The molecule has 2 aliphatic carbocycles. The largest absolute Gasteiger partial charge is 0.453 e. The molecule has 8 rings (SSSR count). The number of anilines is 1. The number of hydrogen-bond acceptors (Lipinski definition) is 7. The van der Waals surface area contributed by atoms with Gasteiger partial charge in [0.25, 0.3) is 0 Å². The molecule has 0 radical (unpaired) electrons. The van der Waals surface area contributed by atoms with Crippen LogP contribution in [0.15, 0.2) is 95.2 Å². The molecule has 10 nitrogen and oxygen atoms in total. The zero-order valence-corrected chi connectivity index (χ0v) is 32.5. The molecule has 3 unspecified atom stereocenters. The van der Waals surface area contributed by atoms with Crippen LogP contribution in [0.25, 0.3) is 22.3 Å². The van der Waals surface area contributed by atoms with Gasteiger partial charge in [0, 0.05) is 67.3 Å². The van der Waals surface area contributed by atoms with Crippen molar-refractivity contribution in [2.45, 2.75) is 77.4 Å². The van der Waals surface area contributed by atoms with Gasteiger partial charge in [-0.2, -0.15) is 0 Å². The third-order valence-electron chi connectivity index (χ3n) is 12.7. The molecule has 3 aliphatic heterocycles. The van der Waals surface area contributed by atoms with Gasteiger partial charge in [-0.15, -0.1) is 0 Å². The summed E-state index contributed by atoms with van der Waals surface area (Å²) in [6.45, 7) is 5.02. The quantitative estimate of drug-likeness (QED) is 0.173. The van der Waals surface area contributed by atoms with Gasteiger partial charge < -0.3 is 26.0 Å². The standard InChI is InChI=1S/C46H52N6O4/c1-27(2)43(51-46(55)56-3)45(54)52-20-4-5-40(52)38-22-35(25-48-38)31-12-8-29(9-13-31)30-10-14-32(15-11-30)36-23-39(49-26-36)41-33-16-17-34(21-33)42(41)44(53)50-24-28-6-18-37(47)19-7-28/h6-15,18-19,25-27,33-34,40-43H,4-5,16-17,20-24,47H2,1-3H3,(H,50,53)(H,51,55)/t33?,34?,40-,41?,42-,43-/m0/s1. The van der Waals surface area contributed by atoms with Crippen molar-refractivity contribution >= 4 is 46.2 Å². The number of rotatable bonds is 11. The third-order valence-corrected chi connectivity index (χ3v) is 12.7. The van der Waals surface area contributed by atoms with E-state index < -0.39 is 12.1 Å². The second-order valence-electron chi connectivity index (χ2n) is 16.4. The molecular weight excluding hydrogens is 701 g/mol. The molecule has 10 heteroatoms. The molecule has 290 valence electrons. The summed E-state index contributed by atoms with van der Waals surface area (Å²) in [7, 11) is 1.31. The summed E-state index contributed by atoms with van der Waals surface area (Å²) in [6, 6.07) is 24.3. The van der Waals surface area contributed by atoms with Gasteiger partial charge in [0.1, 0.15) is 6.04 Å². The molecular formula is C46H52N6O4. The number of hydrogen-bond donors (Lipinski definition) is 3. The van der Waals surface area contributed by atoms with Crippen LogP contribution in [0, 0.1) is 29.6 Å². The number of amides is 3. The molecule has 2 bridgehead atoms. The number of carbonyl (C=O) groups is 3. The number of alkyl carbamates (subject to hydrolysis) is 1. The van der Waals surface area contributed by atoms with E-state index in [1.807, 2.05) is 55.4 Å². The van der Waals surface area contributed by atoms with Gasteiger partial charge in [0.2, 0.25) is 11.8 Å². The van der Waals surface area contributed by atoms with Crippen molar-refractivity contribution < 1.29 is 19.1 Å². The van der Waals surface area contributed by atoms with Crippen LogP contribution in [0.2, 0.25) is 0 Å². The molecule has 3 aromatic carbocycles. The number of allylic oxidation sites excluding steroid dienone is 2. The fourth-order valence-electron chi connectivity index (χ4n) is 9.75. The van der Waals surface area contributed by atoms with Gasteiger partial charge in [-0.3, -0.25) is 19.6 Å².